The fourth-order valence-electron chi connectivity index (χ4n) is 1.36. The van der Waals surface area contributed by atoms with E-state index in [0.717, 1.165) is 4.47 Å². The van der Waals surface area contributed by atoms with Gasteiger partial charge in [-0.15, -0.1) is 0 Å². The zero-order valence-electron chi connectivity index (χ0n) is 9.35. The number of hydrogen-bond donors (Lipinski definition) is 2. The molecular weight excluding hydrogens is 300 g/mol. The smallest absolute Gasteiger partial charge is 0.300 e. The lowest BCUT2D eigenvalue weighted by molar-refractivity contribution is 0.0922. The number of nitrogens with one attached hydrogen (secondary N) is 1. The molecule has 0 fully saturated rings. The average molecular weight is 311 g/mol. The number of benzene rings is 1. The maximum atomic E-state index is 11.2. The van der Waals surface area contributed by atoms with Crippen molar-refractivity contribution < 1.29 is 13.9 Å². The van der Waals surface area contributed by atoms with Crippen molar-refractivity contribution in [3.8, 4) is 5.75 Å². The van der Waals surface area contributed by atoms with Crippen molar-refractivity contribution in [1.82, 2.24) is 5.43 Å². The Morgan fingerprint density at radius 3 is 2.94 bits per heavy atom. The number of hydrazine groups is 1. The molecule has 0 unspecified atom stereocenters. The molecule has 5 nitrogen and oxygen atoms in total. The molecule has 18 heavy (non-hydrogen) atoms. The largest absolute Gasteiger partial charge is 0.486 e. The molecule has 0 aliphatic rings. The second kappa shape index (κ2) is 5.70. The van der Waals surface area contributed by atoms with Crippen molar-refractivity contribution in [3.63, 3.8) is 0 Å². The summed E-state index contributed by atoms with van der Waals surface area (Å²) in [6.07, 6.45) is 0. The normalized spacial score (nSPS) is 10.1. The van der Waals surface area contributed by atoms with Gasteiger partial charge < -0.3 is 9.15 Å². The van der Waals surface area contributed by atoms with Gasteiger partial charge in [0.2, 0.25) is 0 Å². The van der Waals surface area contributed by atoms with E-state index in [4.69, 9.17) is 15.0 Å². The molecule has 2 rings (SSSR count). The molecule has 3 N–H and O–H groups in total. The molecule has 0 spiro atoms. The molecule has 0 atom stereocenters. The lowest BCUT2D eigenvalue weighted by Gasteiger charge is -2.04. The highest BCUT2D eigenvalue weighted by molar-refractivity contribution is 9.10. The van der Waals surface area contributed by atoms with Gasteiger partial charge in [-0.2, -0.15) is 0 Å². The van der Waals surface area contributed by atoms with E-state index in [2.05, 4.69) is 15.9 Å². The first-order valence-electron chi connectivity index (χ1n) is 5.17. The predicted molar refractivity (Wildman–Crippen MR) is 68.8 cm³/mol. The van der Waals surface area contributed by atoms with Crippen molar-refractivity contribution in [1.29, 1.82) is 0 Å². The first-order valence-corrected chi connectivity index (χ1v) is 5.96. The van der Waals surface area contributed by atoms with Crippen LogP contribution in [-0.4, -0.2) is 5.91 Å². The van der Waals surface area contributed by atoms with Crippen molar-refractivity contribution in [2.24, 2.45) is 5.84 Å². The molecule has 0 saturated heterocycles. The topological polar surface area (TPSA) is 77.5 Å². The van der Waals surface area contributed by atoms with Gasteiger partial charge in [-0.05, 0) is 30.3 Å². The summed E-state index contributed by atoms with van der Waals surface area (Å²) in [5.74, 6) is 5.95. The van der Waals surface area contributed by atoms with Crippen LogP contribution < -0.4 is 16.0 Å². The Balaban J connectivity index is 1.98. The monoisotopic (exact) mass is 310 g/mol. The van der Waals surface area contributed by atoms with Gasteiger partial charge in [0.25, 0.3) is 0 Å². The van der Waals surface area contributed by atoms with Crippen LogP contribution in [0, 0.1) is 0 Å². The average Bonchev–Trinajstić information content (AvgIpc) is 2.84. The molecule has 6 heteroatoms. The van der Waals surface area contributed by atoms with Crippen LogP contribution in [0.5, 0.6) is 5.75 Å². The number of ether oxygens (including phenoxy) is 1. The standard InChI is InChI=1S/C12H11BrN2O3/c13-8-2-1-3-9(6-8)17-7-10-4-5-11(18-10)12(16)15-14/h1-6H,7,14H2,(H,15,16). The van der Waals surface area contributed by atoms with E-state index >= 15 is 0 Å². The summed E-state index contributed by atoms with van der Waals surface area (Å²) in [5, 5.41) is 0. The van der Waals surface area contributed by atoms with Crippen LogP contribution in [0.2, 0.25) is 0 Å². The molecule has 1 aromatic carbocycles. The van der Waals surface area contributed by atoms with Crippen LogP contribution in [-0.2, 0) is 6.61 Å². The number of rotatable bonds is 4. The fourth-order valence-corrected chi connectivity index (χ4v) is 1.74. The van der Waals surface area contributed by atoms with Gasteiger partial charge in [0.1, 0.15) is 18.1 Å². The second-order valence-electron chi connectivity index (χ2n) is 3.49. The Morgan fingerprint density at radius 2 is 2.22 bits per heavy atom. The van der Waals surface area contributed by atoms with Crippen LogP contribution >= 0.6 is 15.9 Å². The number of halogens is 1. The van der Waals surface area contributed by atoms with Gasteiger partial charge in [0.15, 0.2) is 5.76 Å². The van der Waals surface area contributed by atoms with Crippen LogP contribution in [0.25, 0.3) is 0 Å². The molecule has 1 amide bonds. The summed E-state index contributed by atoms with van der Waals surface area (Å²) in [6, 6.07) is 10.7. The Kier molecular flexibility index (Phi) is 4.01. The first-order chi connectivity index (χ1) is 8.69. The third-order valence-electron chi connectivity index (χ3n) is 2.19. The third kappa shape index (κ3) is 3.12. The van der Waals surface area contributed by atoms with Crippen molar-refractivity contribution in [3.05, 3.63) is 52.4 Å². The number of furan rings is 1. The summed E-state index contributed by atoms with van der Waals surface area (Å²) in [7, 11) is 0. The minimum absolute atomic E-state index is 0.158. The minimum Gasteiger partial charge on any atom is -0.486 e. The number of carbonyl (C=O) groups is 1. The van der Waals surface area contributed by atoms with E-state index in [1.807, 2.05) is 29.7 Å². The first kappa shape index (κ1) is 12.7. The Labute approximate surface area is 112 Å². The van der Waals surface area contributed by atoms with E-state index in [-0.39, 0.29) is 12.4 Å². The zero-order valence-corrected chi connectivity index (χ0v) is 10.9. The quantitative estimate of drug-likeness (QED) is 0.516. The summed E-state index contributed by atoms with van der Waals surface area (Å²) in [5.41, 5.74) is 2.00. The summed E-state index contributed by atoms with van der Waals surface area (Å²) in [6.45, 7) is 0.244. The van der Waals surface area contributed by atoms with E-state index in [9.17, 15) is 4.79 Å². The maximum Gasteiger partial charge on any atom is 0.300 e. The van der Waals surface area contributed by atoms with Gasteiger partial charge in [-0.25, -0.2) is 5.84 Å². The lowest BCUT2D eigenvalue weighted by Crippen LogP contribution is -2.29. The minimum atomic E-state index is -0.469. The summed E-state index contributed by atoms with van der Waals surface area (Å²) < 4.78 is 11.7. The second-order valence-corrected chi connectivity index (χ2v) is 4.40. The van der Waals surface area contributed by atoms with Gasteiger partial charge in [-0.3, -0.25) is 10.2 Å². The number of amides is 1. The molecule has 94 valence electrons. The molecule has 0 aliphatic carbocycles. The molecular formula is C12H11BrN2O3. The number of nitrogens with two attached hydrogens (primary N) is 1. The van der Waals surface area contributed by atoms with E-state index in [1.165, 1.54) is 0 Å². The highest BCUT2D eigenvalue weighted by atomic mass is 79.9. The van der Waals surface area contributed by atoms with Gasteiger partial charge in [-0.1, -0.05) is 22.0 Å². The molecule has 0 radical (unpaired) electrons. The Bertz CT molecular complexity index is 554. The van der Waals surface area contributed by atoms with E-state index in [0.29, 0.717) is 11.5 Å². The number of nitrogen functional groups attached to an aromatic ring is 1. The summed E-state index contributed by atoms with van der Waals surface area (Å²) in [4.78, 5) is 11.2. The van der Waals surface area contributed by atoms with Crippen molar-refractivity contribution in [2.45, 2.75) is 6.61 Å². The summed E-state index contributed by atoms with van der Waals surface area (Å²) >= 11 is 3.35. The van der Waals surface area contributed by atoms with Crippen molar-refractivity contribution in [2.75, 3.05) is 0 Å². The number of carbonyl (C=O) groups excluding carboxylic acids is 1. The number of hydrogen-bond acceptors (Lipinski definition) is 4. The molecule has 0 aliphatic heterocycles. The zero-order chi connectivity index (χ0) is 13.0. The van der Waals surface area contributed by atoms with E-state index < -0.39 is 5.91 Å². The van der Waals surface area contributed by atoms with E-state index in [1.54, 1.807) is 12.1 Å². The highest BCUT2D eigenvalue weighted by Gasteiger charge is 2.09. The van der Waals surface area contributed by atoms with Crippen LogP contribution in [0.3, 0.4) is 0 Å². The molecule has 2 aromatic rings. The van der Waals surface area contributed by atoms with Gasteiger partial charge in [0, 0.05) is 4.47 Å². The Morgan fingerprint density at radius 1 is 1.39 bits per heavy atom. The molecule has 0 bridgehead atoms. The predicted octanol–water partition coefficient (Wildman–Crippen LogP) is 2.22. The maximum absolute atomic E-state index is 11.2. The fraction of sp³-hybridized carbons (Fsp3) is 0.0833. The van der Waals surface area contributed by atoms with Gasteiger partial charge in [0.05, 0.1) is 0 Å². The van der Waals surface area contributed by atoms with Crippen LogP contribution in [0.4, 0.5) is 0 Å². The van der Waals surface area contributed by atoms with Gasteiger partial charge >= 0.3 is 5.91 Å². The molecule has 0 saturated carbocycles. The lowest BCUT2D eigenvalue weighted by atomic mass is 10.3. The van der Waals surface area contributed by atoms with Crippen LogP contribution in [0.1, 0.15) is 16.3 Å². The molecule has 1 heterocycles. The molecule has 1 aromatic heterocycles. The SMILES string of the molecule is NNC(=O)c1ccc(COc2cccc(Br)c2)o1. The Hall–Kier alpha value is -1.79. The highest BCUT2D eigenvalue weighted by Crippen LogP contribution is 2.19. The van der Waals surface area contributed by atoms with Crippen molar-refractivity contribution >= 4 is 21.8 Å². The van der Waals surface area contributed by atoms with Crippen LogP contribution in [0.15, 0.2) is 45.3 Å². The third-order valence-corrected chi connectivity index (χ3v) is 2.69.